The van der Waals surface area contributed by atoms with Crippen molar-refractivity contribution in [3.8, 4) is 5.75 Å². The van der Waals surface area contributed by atoms with Crippen LogP contribution in [0.5, 0.6) is 5.75 Å². The zero-order valence-corrected chi connectivity index (χ0v) is 12.3. The van der Waals surface area contributed by atoms with Gasteiger partial charge in [-0.15, -0.1) is 0 Å². The molecule has 0 aliphatic rings. The fourth-order valence-electron chi connectivity index (χ4n) is 1.61. The molecule has 0 aliphatic heterocycles. The normalized spacial score (nSPS) is 13.2. The first-order valence-corrected chi connectivity index (χ1v) is 8.00. The van der Waals surface area contributed by atoms with Gasteiger partial charge in [0.25, 0.3) is 0 Å². The molecule has 2 aromatic rings. The van der Waals surface area contributed by atoms with Crippen molar-refractivity contribution in [2.45, 2.75) is 18.6 Å². The van der Waals surface area contributed by atoms with Crippen molar-refractivity contribution in [1.29, 1.82) is 0 Å². The highest BCUT2D eigenvalue weighted by Crippen LogP contribution is 2.20. The van der Waals surface area contributed by atoms with E-state index in [2.05, 4.69) is 10.1 Å². The number of hydrogen-bond donors (Lipinski definition) is 0. The lowest BCUT2D eigenvalue weighted by Crippen LogP contribution is -2.08. The van der Waals surface area contributed by atoms with Crippen molar-refractivity contribution in [3.05, 3.63) is 41.5 Å². The fraction of sp³-hybridized carbons (Fsp3) is 0.385. The van der Waals surface area contributed by atoms with E-state index in [0.717, 1.165) is 17.6 Å². The molecule has 0 aliphatic carbocycles. The van der Waals surface area contributed by atoms with Crippen LogP contribution in [0.2, 0.25) is 0 Å². The number of sulfone groups is 1. The number of ether oxygens (including phenoxy) is 1. The van der Waals surface area contributed by atoms with Crippen molar-refractivity contribution in [1.82, 2.24) is 10.1 Å². The number of nitrogens with zero attached hydrogens (tertiary/aromatic N) is 2. The van der Waals surface area contributed by atoms with E-state index >= 15 is 0 Å². The molecule has 0 unspecified atom stereocenters. The third-order valence-corrected chi connectivity index (χ3v) is 4.48. The monoisotopic (exact) mass is 296 g/mol. The predicted molar refractivity (Wildman–Crippen MR) is 73.4 cm³/mol. The van der Waals surface area contributed by atoms with Gasteiger partial charge in [-0.2, -0.15) is 4.98 Å². The molecular weight excluding hydrogens is 280 g/mol. The Morgan fingerprint density at radius 1 is 1.30 bits per heavy atom. The molecule has 0 N–H and O–H groups in total. The Kier molecular flexibility index (Phi) is 4.08. The Hall–Kier alpha value is -1.89. The van der Waals surface area contributed by atoms with E-state index in [4.69, 9.17) is 9.26 Å². The summed E-state index contributed by atoms with van der Waals surface area (Å²) in [6.07, 6.45) is 1.62. The van der Waals surface area contributed by atoms with Crippen LogP contribution >= 0.6 is 0 Å². The van der Waals surface area contributed by atoms with Gasteiger partial charge in [-0.3, -0.25) is 0 Å². The van der Waals surface area contributed by atoms with Gasteiger partial charge in [-0.25, -0.2) is 8.42 Å². The standard InChI is InChI=1S/C13H16N2O4S/c1-9(20(3,16)17)13-14-12(15-19-13)8-10-4-6-11(18-2)7-5-10/h4-7,9H,8H2,1-3H3/t9-/m1/s1. The molecule has 0 fully saturated rings. The Balaban J connectivity index is 2.13. The number of benzene rings is 1. The first-order chi connectivity index (χ1) is 9.40. The highest BCUT2D eigenvalue weighted by Gasteiger charge is 2.23. The largest absolute Gasteiger partial charge is 0.497 e. The summed E-state index contributed by atoms with van der Waals surface area (Å²) >= 11 is 0. The molecule has 7 heteroatoms. The predicted octanol–water partition coefficient (Wildman–Crippen LogP) is 1.77. The molecule has 20 heavy (non-hydrogen) atoms. The molecule has 0 saturated carbocycles. The Labute approximate surface area is 117 Å². The maximum atomic E-state index is 11.4. The van der Waals surface area contributed by atoms with Crippen LogP contribution in [0.4, 0.5) is 0 Å². The van der Waals surface area contributed by atoms with Crippen LogP contribution in [0, 0.1) is 0 Å². The van der Waals surface area contributed by atoms with Crippen LogP contribution in [0.25, 0.3) is 0 Å². The van der Waals surface area contributed by atoms with Gasteiger partial charge in [0.1, 0.15) is 11.0 Å². The van der Waals surface area contributed by atoms with Crippen molar-refractivity contribution in [2.75, 3.05) is 13.4 Å². The summed E-state index contributed by atoms with van der Waals surface area (Å²) in [7, 11) is -1.63. The lowest BCUT2D eigenvalue weighted by Gasteiger charge is -2.02. The fourth-order valence-corrected chi connectivity index (χ4v) is 2.08. The maximum absolute atomic E-state index is 11.4. The third kappa shape index (κ3) is 3.36. The average molecular weight is 296 g/mol. The molecule has 0 amide bonds. The number of rotatable bonds is 5. The molecule has 1 atom stereocenters. The molecule has 0 saturated heterocycles. The van der Waals surface area contributed by atoms with Crippen molar-refractivity contribution >= 4 is 9.84 Å². The van der Waals surface area contributed by atoms with E-state index in [0.29, 0.717) is 12.2 Å². The van der Waals surface area contributed by atoms with Crippen LogP contribution in [-0.4, -0.2) is 31.9 Å². The smallest absolute Gasteiger partial charge is 0.244 e. The summed E-state index contributed by atoms with van der Waals surface area (Å²) in [5, 5.41) is 3.01. The minimum absolute atomic E-state index is 0.121. The minimum Gasteiger partial charge on any atom is -0.497 e. The van der Waals surface area contributed by atoms with E-state index in [1.54, 1.807) is 7.11 Å². The molecule has 1 aromatic carbocycles. The third-order valence-electron chi connectivity index (χ3n) is 3.00. The molecule has 0 radical (unpaired) electrons. The van der Waals surface area contributed by atoms with Crippen LogP contribution < -0.4 is 4.74 Å². The Morgan fingerprint density at radius 3 is 2.50 bits per heavy atom. The molecule has 0 spiro atoms. The maximum Gasteiger partial charge on any atom is 0.244 e. The molecule has 6 nitrogen and oxygen atoms in total. The molecule has 0 bridgehead atoms. The highest BCUT2D eigenvalue weighted by atomic mass is 32.2. The molecule has 108 valence electrons. The van der Waals surface area contributed by atoms with E-state index in [1.165, 1.54) is 6.92 Å². The number of hydrogen-bond acceptors (Lipinski definition) is 6. The first kappa shape index (κ1) is 14.5. The zero-order valence-electron chi connectivity index (χ0n) is 11.5. The van der Waals surface area contributed by atoms with Gasteiger partial charge >= 0.3 is 0 Å². The SMILES string of the molecule is COc1ccc(Cc2noc([C@@H](C)S(C)(=O)=O)n2)cc1. The van der Waals surface area contributed by atoms with E-state index < -0.39 is 15.1 Å². The minimum atomic E-state index is -3.24. The Bertz CT molecular complexity index is 677. The quantitative estimate of drug-likeness (QED) is 0.836. The summed E-state index contributed by atoms with van der Waals surface area (Å²) in [6, 6.07) is 7.48. The lowest BCUT2D eigenvalue weighted by molar-refractivity contribution is 0.372. The summed E-state index contributed by atoms with van der Waals surface area (Å²) in [6.45, 7) is 1.53. The van der Waals surface area contributed by atoms with Gasteiger partial charge in [-0.05, 0) is 24.6 Å². The van der Waals surface area contributed by atoms with Crippen LogP contribution in [0.1, 0.15) is 29.5 Å². The summed E-state index contributed by atoms with van der Waals surface area (Å²) in [4.78, 5) is 4.13. The zero-order chi connectivity index (χ0) is 14.8. The Morgan fingerprint density at radius 2 is 1.95 bits per heavy atom. The second-order valence-corrected chi connectivity index (χ2v) is 6.91. The van der Waals surface area contributed by atoms with E-state index in [9.17, 15) is 8.42 Å². The number of methoxy groups -OCH3 is 1. The molecular formula is C13H16N2O4S. The summed E-state index contributed by atoms with van der Waals surface area (Å²) in [5.41, 5.74) is 0.991. The lowest BCUT2D eigenvalue weighted by atomic mass is 10.1. The molecule has 1 heterocycles. The average Bonchev–Trinajstić information content (AvgIpc) is 2.86. The molecule has 1 aromatic heterocycles. The van der Waals surface area contributed by atoms with Gasteiger partial charge in [0, 0.05) is 12.7 Å². The van der Waals surface area contributed by atoms with E-state index in [1.807, 2.05) is 24.3 Å². The van der Waals surface area contributed by atoms with Crippen LogP contribution in [-0.2, 0) is 16.3 Å². The number of aromatic nitrogens is 2. The topological polar surface area (TPSA) is 82.3 Å². The van der Waals surface area contributed by atoms with Gasteiger partial charge in [-0.1, -0.05) is 17.3 Å². The van der Waals surface area contributed by atoms with Crippen molar-refractivity contribution in [3.63, 3.8) is 0 Å². The van der Waals surface area contributed by atoms with Gasteiger partial charge in [0.2, 0.25) is 5.89 Å². The molecule has 2 rings (SSSR count). The van der Waals surface area contributed by atoms with Crippen LogP contribution in [0.15, 0.2) is 28.8 Å². The van der Waals surface area contributed by atoms with Crippen LogP contribution in [0.3, 0.4) is 0 Å². The first-order valence-electron chi connectivity index (χ1n) is 6.04. The van der Waals surface area contributed by atoms with E-state index in [-0.39, 0.29) is 5.89 Å². The van der Waals surface area contributed by atoms with Gasteiger partial charge in [0.15, 0.2) is 15.7 Å². The second-order valence-electron chi connectivity index (χ2n) is 4.55. The highest BCUT2D eigenvalue weighted by molar-refractivity contribution is 7.90. The van der Waals surface area contributed by atoms with Gasteiger partial charge in [0.05, 0.1) is 7.11 Å². The van der Waals surface area contributed by atoms with Gasteiger partial charge < -0.3 is 9.26 Å². The summed E-state index contributed by atoms with van der Waals surface area (Å²) < 4.78 is 32.9. The second kappa shape index (κ2) is 5.62. The van der Waals surface area contributed by atoms with Crippen molar-refractivity contribution < 1.29 is 17.7 Å². The van der Waals surface area contributed by atoms with Crippen molar-refractivity contribution in [2.24, 2.45) is 0 Å². The summed E-state index contributed by atoms with van der Waals surface area (Å²) in [5.74, 6) is 1.35.